The van der Waals surface area contributed by atoms with Crippen LogP contribution in [-0.2, 0) is 11.2 Å². The number of nitrogens with zero attached hydrogens (tertiary/aromatic N) is 4. The minimum Gasteiger partial charge on any atom is -0.339 e. The Morgan fingerprint density at radius 3 is 2.95 bits per heavy atom. The maximum absolute atomic E-state index is 12.6. The quantitative estimate of drug-likeness (QED) is 0.866. The molecule has 0 spiro atoms. The Kier molecular flexibility index (Phi) is 4.24. The lowest BCUT2D eigenvalue weighted by Crippen LogP contribution is -2.32. The van der Waals surface area contributed by atoms with Crippen LogP contribution in [0.5, 0.6) is 0 Å². The van der Waals surface area contributed by atoms with Crippen LogP contribution < -0.4 is 0 Å². The van der Waals surface area contributed by atoms with Gasteiger partial charge in [0.25, 0.3) is 0 Å². The van der Waals surface area contributed by atoms with E-state index in [1.165, 1.54) is 0 Å². The first-order valence-corrected chi connectivity index (χ1v) is 8.46. The Labute approximate surface area is 133 Å². The molecule has 0 aromatic carbocycles. The van der Waals surface area contributed by atoms with Crippen molar-refractivity contribution in [3.8, 4) is 0 Å². The molecule has 0 bridgehead atoms. The van der Waals surface area contributed by atoms with Crippen LogP contribution in [0.15, 0.2) is 9.90 Å². The summed E-state index contributed by atoms with van der Waals surface area (Å²) in [5.41, 5.74) is 0.842. The molecule has 118 valence electrons. The van der Waals surface area contributed by atoms with Crippen molar-refractivity contribution in [1.29, 1.82) is 0 Å². The third-order valence-electron chi connectivity index (χ3n) is 3.82. The van der Waals surface area contributed by atoms with Crippen LogP contribution in [0, 0.1) is 6.92 Å². The van der Waals surface area contributed by atoms with Gasteiger partial charge in [0, 0.05) is 17.8 Å². The second-order valence-electron chi connectivity index (χ2n) is 5.93. The van der Waals surface area contributed by atoms with E-state index in [4.69, 9.17) is 4.52 Å². The maximum Gasteiger partial charge on any atom is 0.229 e. The van der Waals surface area contributed by atoms with E-state index in [1.807, 2.05) is 31.1 Å². The van der Waals surface area contributed by atoms with E-state index < -0.39 is 0 Å². The summed E-state index contributed by atoms with van der Waals surface area (Å²) in [6.07, 6.45) is 2.20. The smallest absolute Gasteiger partial charge is 0.229 e. The van der Waals surface area contributed by atoms with Gasteiger partial charge in [-0.05, 0) is 19.8 Å². The Balaban J connectivity index is 1.73. The minimum atomic E-state index is -0.0662. The summed E-state index contributed by atoms with van der Waals surface area (Å²) in [5.74, 6) is 1.54. The monoisotopic (exact) mass is 320 g/mol. The molecule has 6 nitrogen and oxygen atoms in total. The summed E-state index contributed by atoms with van der Waals surface area (Å²) in [7, 11) is 0. The number of thiazole rings is 1. The average Bonchev–Trinajstić information content (AvgIpc) is 3.16. The molecule has 7 heteroatoms. The topological polar surface area (TPSA) is 72.1 Å². The highest BCUT2D eigenvalue weighted by atomic mass is 32.1. The Morgan fingerprint density at radius 2 is 2.32 bits per heavy atom. The molecule has 2 aromatic heterocycles. The highest BCUT2D eigenvalue weighted by Crippen LogP contribution is 2.31. The molecule has 0 N–H and O–H groups in total. The first-order valence-electron chi connectivity index (χ1n) is 7.58. The van der Waals surface area contributed by atoms with Crippen LogP contribution in [0.25, 0.3) is 0 Å². The summed E-state index contributed by atoms with van der Waals surface area (Å²) in [5, 5.41) is 7.00. The van der Waals surface area contributed by atoms with Gasteiger partial charge in [0.1, 0.15) is 0 Å². The molecule has 0 aliphatic carbocycles. The second-order valence-corrected chi connectivity index (χ2v) is 6.99. The van der Waals surface area contributed by atoms with Gasteiger partial charge in [-0.2, -0.15) is 4.98 Å². The maximum atomic E-state index is 12.6. The van der Waals surface area contributed by atoms with Crippen molar-refractivity contribution in [3.63, 3.8) is 0 Å². The van der Waals surface area contributed by atoms with Gasteiger partial charge in [0.05, 0.1) is 23.2 Å². The van der Waals surface area contributed by atoms with Gasteiger partial charge in [0.2, 0.25) is 11.8 Å². The molecule has 22 heavy (non-hydrogen) atoms. The van der Waals surface area contributed by atoms with E-state index in [1.54, 1.807) is 11.3 Å². The summed E-state index contributed by atoms with van der Waals surface area (Å²) in [6.45, 7) is 6.72. The zero-order valence-corrected chi connectivity index (χ0v) is 13.9. The van der Waals surface area contributed by atoms with Crippen molar-refractivity contribution in [2.75, 3.05) is 6.54 Å². The molecule has 3 heterocycles. The number of carbonyl (C=O) groups is 1. The zero-order chi connectivity index (χ0) is 15.7. The lowest BCUT2D eigenvalue weighted by molar-refractivity contribution is -0.131. The van der Waals surface area contributed by atoms with E-state index in [0.29, 0.717) is 18.1 Å². The number of likely N-dealkylation sites (tertiary alicyclic amines) is 1. The van der Waals surface area contributed by atoms with Crippen LogP contribution >= 0.6 is 11.3 Å². The van der Waals surface area contributed by atoms with Gasteiger partial charge >= 0.3 is 0 Å². The number of hydrogen-bond acceptors (Lipinski definition) is 6. The standard InChI is InChI=1S/C15H20N4O2S/c1-9(2)15-17-14(18-21-15)12-5-4-6-19(12)13(20)7-11-8-22-10(3)16-11/h8-9,12H,4-7H2,1-3H3. The number of hydrogen-bond donors (Lipinski definition) is 0. The fourth-order valence-corrected chi connectivity index (χ4v) is 3.31. The highest BCUT2D eigenvalue weighted by Gasteiger charge is 2.33. The van der Waals surface area contributed by atoms with Crippen LogP contribution in [0.4, 0.5) is 0 Å². The van der Waals surface area contributed by atoms with E-state index in [9.17, 15) is 4.79 Å². The highest BCUT2D eigenvalue weighted by molar-refractivity contribution is 7.09. The predicted octanol–water partition coefficient (Wildman–Crippen LogP) is 2.86. The van der Waals surface area contributed by atoms with E-state index >= 15 is 0 Å². The molecule has 2 aromatic rings. The van der Waals surface area contributed by atoms with Crippen LogP contribution in [0.1, 0.15) is 61.1 Å². The van der Waals surface area contributed by atoms with Crippen molar-refractivity contribution in [2.45, 2.75) is 52.0 Å². The minimum absolute atomic E-state index is 0.0662. The van der Waals surface area contributed by atoms with Crippen molar-refractivity contribution in [3.05, 3.63) is 27.8 Å². The van der Waals surface area contributed by atoms with Gasteiger partial charge in [0.15, 0.2) is 5.82 Å². The van der Waals surface area contributed by atoms with Crippen LogP contribution in [0.3, 0.4) is 0 Å². The van der Waals surface area contributed by atoms with Gasteiger partial charge in [-0.15, -0.1) is 11.3 Å². The molecular formula is C15H20N4O2S. The molecule has 1 unspecified atom stereocenters. The molecule has 3 rings (SSSR count). The molecule has 1 fully saturated rings. The van der Waals surface area contributed by atoms with Crippen molar-refractivity contribution in [2.24, 2.45) is 0 Å². The molecule has 1 aliphatic heterocycles. The molecule has 1 amide bonds. The largest absolute Gasteiger partial charge is 0.339 e. The van der Waals surface area contributed by atoms with Gasteiger partial charge in [-0.25, -0.2) is 4.98 Å². The molecule has 1 aliphatic rings. The Hall–Kier alpha value is -1.76. The zero-order valence-electron chi connectivity index (χ0n) is 13.1. The van der Waals surface area contributed by atoms with Crippen LogP contribution in [0.2, 0.25) is 0 Å². The van der Waals surface area contributed by atoms with Gasteiger partial charge < -0.3 is 9.42 Å². The fraction of sp³-hybridized carbons (Fsp3) is 0.600. The number of rotatable bonds is 4. The SMILES string of the molecule is Cc1nc(CC(=O)N2CCCC2c2noc(C(C)C)n2)cs1. The van der Waals surface area contributed by atoms with Crippen molar-refractivity contribution in [1.82, 2.24) is 20.0 Å². The summed E-state index contributed by atoms with van der Waals surface area (Å²) in [6, 6.07) is -0.0662. The first-order chi connectivity index (χ1) is 10.5. The Morgan fingerprint density at radius 1 is 1.50 bits per heavy atom. The fourth-order valence-electron chi connectivity index (χ4n) is 2.70. The van der Waals surface area contributed by atoms with Crippen molar-refractivity contribution >= 4 is 17.2 Å². The van der Waals surface area contributed by atoms with Crippen molar-refractivity contribution < 1.29 is 9.32 Å². The molecule has 1 atom stereocenters. The third kappa shape index (κ3) is 3.04. The summed E-state index contributed by atoms with van der Waals surface area (Å²) < 4.78 is 5.28. The number of aryl methyl sites for hydroxylation is 1. The molecule has 1 saturated heterocycles. The second kappa shape index (κ2) is 6.16. The third-order valence-corrected chi connectivity index (χ3v) is 4.64. The van der Waals surface area contributed by atoms with Crippen LogP contribution in [-0.4, -0.2) is 32.5 Å². The van der Waals surface area contributed by atoms with E-state index in [0.717, 1.165) is 30.1 Å². The first kappa shape index (κ1) is 15.1. The van der Waals surface area contributed by atoms with Gasteiger partial charge in [-0.3, -0.25) is 4.79 Å². The van der Waals surface area contributed by atoms with E-state index in [-0.39, 0.29) is 17.9 Å². The number of aromatic nitrogens is 3. The Bertz CT molecular complexity index is 664. The summed E-state index contributed by atoms with van der Waals surface area (Å²) in [4.78, 5) is 23.2. The van der Waals surface area contributed by atoms with E-state index in [2.05, 4.69) is 15.1 Å². The number of carbonyl (C=O) groups excluding carboxylic acids is 1. The number of amides is 1. The predicted molar refractivity (Wildman–Crippen MR) is 82.6 cm³/mol. The average molecular weight is 320 g/mol. The summed E-state index contributed by atoms with van der Waals surface area (Å²) >= 11 is 1.57. The molecule has 0 radical (unpaired) electrons. The normalized spacial score (nSPS) is 18.4. The molecular weight excluding hydrogens is 300 g/mol. The van der Waals surface area contributed by atoms with Gasteiger partial charge in [-0.1, -0.05) is 19.0 Å². The lowest BCUT2D eigenvalue weighted by Gasteiger charge is -2.21. The lowest BCUT2D eigenvalue weighted by atomic mass is 10.2. The molecule has 0 saturated carbocycles.